The van der Waals surface area contributed by atoms with Crippen LogP contribution in [0.3, 0.4) is 0 Å². The second kappa shape index (κ2) is 7.21. The van der Waals surface area contributed by atoms with Crippen LogP contribution in [0.4, 0.5) is 17.3 Å². The lowest BCUT2D eigenvalue weighted by molar-refractivity contribution is 0.00955. The Kier molecular flexibility index (Phi) is 4.71. The van der Waals surface area contributed by atoms with Crippen LogP contribution in [0.5, 0.6) is 5.75 Å². The van der Waals surface area contributed by atoms with Crippen molar-refractivity contribution in [1.29, 1.82) is 0 Å². The molecule has 0 unspecified atom stereocenters. The second-order valence-corrected chi connectivity index (χ2v) is 7.27. The number of methoxy groups -OCH3 is 1. The van der Waals surface area contributed by atoms with Gasteiger partial charge in [-0.25, -0.2) is 14.8 Å². The number of carbonyl (C=O) groups excluding carboxylic acids is 1. The molecule has 4 rings (SSSR count). The molecule has 0 saturated heterocycles. The molecule has 0 saturated carbocycles. The third kappa shape index (κ3) is 3.42. The maximum absolute atomic E-state index is 12.0. The lowest BCUT2D eigenvalue weighted by atomic mass is 9.95. The first kappa shape index (κ1) is 18.9. The molecule has 2 aromatic carbocycles. The summed E-state index contributed by atoms with van der Waals surface area (Å²) in [5, 5.41) is 7.29. The first-order chi connectivity index (χ1) is 13.9. The summed E-state index contributed by atoms with van der Waals surface area (Å²) in [6, 6.07) is 9.25. The van der Waals surface area contributed by atoms with Gasteiger partial charge >= 0.3 is 5.97 Å². The van der Waals surface area contributed by atoms with Crippen molar-refractivity contribution in [2.24, 2.45) is 5.73 Å². The maximum atomic E-state index is 12.0. The Morgan fingerprint density at radius 3 is 2.83 bits per heavy atom. The van der Waals surface area contributed by atoms with Crippen molar-refractivity contribution < 1.29 is 14.3 Å². The maximum Gasteiger partial charge on any atom is 0.339 e. The van der Waals surface area contributed by atoms with Gasteiger partial charge in [0.1, 0.15) is 16.9 Å². The number of nitrogens with zero attached hydrogens (tertiary/aromatic N) is 2. The Hall–Kier alpha value is -3.39. The average molecular weight is 393 g/mol. The number of nitrogens with two attached hydrogens (primary N) is 1. The molecule has 8 nitrogen and oxygen atoms in total. The zero-order valence-electron chi connectivity index (χ0n) is 16.6. The van der Waals surface area contributed by atoms with E-state index in [9.17, 15) is 4.79 Å². The van der Waals surface area contributed by atoms with Crippen molar-refractivity contribution in [3.63, 3.8) is 0 Å². The minimum absolute atomic E-state index is 0.304. The van der Waals surface area contributed by atoms with Gasteiger partial charge in [-0.15, -0.1) is 0 Å². The first-order valence-electron chi connectivity index (χ1n) is 9.35. The fourth-order valence-corrected chi connectivity index (χ4v) is 3.45. The predicted molar refractivity (Wildman–Crippen MR) is 112 cm³/mol. The molecule has 8 heteroatoms. The molecule has 3 aromatic rings. The lowest BCUT2D eigenvalue weighted by Gasteiger charge is -2.18. The number of fused-ring (bicyclic) bond motifs is 2. The van der Waals surface area contributed by atoms with Crippen molar-refractivity contribution in [2.75, 3.05) is 30.8 Å². The Labute approximate surface area is 168 Å². The number of rotatable bonds is 6. The summed E-state index contributed by atoms with van der Waals surface area (Å²) in [4.78, 5) is 21.1. The number of hydrogen-bond donors (Lipinski definition) is 3. The van der Waals surface area contributed by atoms with Crippen LogP contribution >= 0.6 is 0 Å². The average Bonchev–Trinajstić information content (AvgIpc) is 2.94. The highest BCUT2D eigenvalue weighted by atomic mass is 16.6. The highest BCUT2D eigenvalue weighted by Gasteiger charge is 2.37. The van der Waals surface area contributed by atoms with Crippen LogP contribution in [-0.4, -0.2) is 36.1 Å². The standard InChI is InChI=1S/C21H23N5O3/c1-21(2)15-10-12(4-5-13(15)19(27)29-21)25-20-24-11-14-17(28-3)7-6-16(18(14)26-20)23-9-8-22/h4-7,10-11,23H,8-9,22H2,1-3H3,(H,24,25,26). The topological polar surface area (TPSA) is 111 Å². The predicted octanol–water partition coefficient (Wildman–Crippen LogP) is 3.16. The summed E-state index contributed by atoms with van der Waals surface area (Å²) in [6.07, 6.45) is 1.72. The van der Waals surface area contributed by atoms with Crippen LogP contribution in [0.1, 0.15) is 29.8 Å². The molecule has 0 atom stereocenters. The van der Waals surface area contributed by atoms with E-state index in [1.807, 2.05) is 38.1 Å². The van der Waals surface area contributed by atoms with Crippen LogP contribution < -0.4 is 21.1 Å². The number of hydrogen-bond acceptors (Lipinski definition) is 8. The van der Waals surface area contributed by atoms with E-state index in [0.717, 1.165) is 27.8 Å². The minimum Gasteiger partial charge on any atom is -0.496 e. The Morgan fingerprint density at radius 1 is 1.24 bits per heavy atom. The van der Waals surface area contributed by atoms with E-state index in [0.29, 0.717) is 30.4 Å². The number of ether oxygens (including phenoxy) is 2. The first-order valence-corrected chi connectivity index (χ1v) is 9.35. The van der Waals surface area contributed by atoms with Crippen LogP contribution in [0.15, 0.2) is 36.5 Å². The van der Waals surface area contributed by atoms with Gasteiger partial charge < -0.3 is 25.8 Å². The van der Waals surface area contributed by atoms with Crippen molar-refractivity contribution >= 4 is 34.2 Å². The van der Waals surface area contributed by atoms with E-state index in [1.54, 1.807) is 19.4 Å². The van der Waals surface area contributed by atoms with Crippen LogP contribution in [0, 0.1) is 0 Å². The van der Waals surface area contributed by atoms with E-state index < -0.39 is 5.60 Å². The number of nitrogens with one attached hydrogen (secondary N) is 2. The van der Waals surface area contributed by atoms with Gasteiger partial charge in [0, 0.05) is 30.5 Å². The molecule has 1 aliphatic rings. The molecule has 0 bridgehead atoms. The molecule has 1 aliphatic heterocycles. The zero-order chi connectivity index (χ0) is 20.6. The quantitative estimate of drug-likeness (QED) is 0.548. The van der Waals surface area contributed by atoms with E-state index in [1.165, 1.54) is 0 Å². The molecule has 0 fully saturated rings. The van der Waals surface area contributed by atoms with Crippen molar-refractivity contribution in [3.8, 4) is 5.75 Å². The fraction of sp³-hybridized carbons (Fsp3) is 0.286. The number of benzene rings is 2. The molecule has 29 heavy (non-hydrogen) atoms. The largest absolute Gasteiger partial charge is 0.496 e. The summed E-state index contributed by atoms with van der Waals surface area (Å²) in [6.45, 7) is 4.88. The number of esters is 1. The van der Waals surface area contributed by atoms with Gasteiger partial charge in [0.25, 0.3) is 0 Å². The van der Waals surface area contributed by atoms with Gasteiger partial charge in [0.15, 0.2) is 0 Å². The molecular weight excluding hydrogens is 370 g/mol. The van der Waals surface area contributed by atoms with Crippen molar-refractivity contribution in [1.82, 2.24) is 9.97 Å². The van der Waals surface area contributed by atoms with Gasteiger partial charge in [-0.3, -0.25) is 0 Å². The molecule has 4 N–H and O–H groups in total. The SMILES string of the molecule is COc1ccc(NCCN)c2nc(Nc3ccc4c(c3)C(C)(C)OC4=O)ncc12. The molecule has 0 amide bonds. The Balaban J connectivity index is 1.71. The summed E-state index contributed by atoms with van der Waals surface area (Å²) < 4.78 is 10.9. The van der Waals surface area contributed by atoms with Crippen LogP contribution in [0.2, 0.25) is 0 Å². The molecular formula is C21H23N5O3. The van der Waals surface area contributed by atoms with Crippen LogP contribution in [0.25, 0.3) is 10.9 Å². The van der Waals surface area contributed by atoms with Gasteiger partial charge in [-0.1, -0.05) is 0 Å². The van der Waals surface area contributed by atoms with Crippen LogP contribution in [-0.2, 0) is 10.3 Å². The summed E-state index contributed by atoms with van der Waals surface area (Å²) in [5.74, 6) is 0.825. The third-order valence-electron chi connectivity index (χ3n) is 4.88. The molecule has 1 aromatic heterocycles. The monoisotopic (exact) mass is 393 g/mol. The van der Waals surface area contributed by atoms with E-state index in [4.69, 9.17) is 15.2 Å². The summed E-state index contributed by atoms with van der Waals surface area (Å²) in [5.41, 5.74) is 8.72. The molecule has 150 valence electrons. The summed E-state index contributed by atoms with van der Waals surface area (Å²) in [7, 11) is 1.61. The third-order valence-corrected chi connectivity index (χ3v) is 4.88. The van der Waals surface area contributed by atoms with Crippen molar-refractivity contribution in [2.45, 2.75) is 19.4 Å². The Bertz CT molecular complexity index is 1100. The minimum atomic E-state index is -0.666. The van der Waals surface area contributed by atoms with Gasteiger partial charge in [0.05, 0.1) is 23.7 Å². The fourth-order valence-electron chi connectivity index (χ4n) is 3.45. The second-order valence-electron chi connectivity index (χ2n) is 7.27. The van der Waals surface area contributed by atoms with Gasteiger partial charge in [-0.2, -0.15) is 0 Å². The normalized spacial score (nSPS) is 14.4. The van der Waals surface area contributed by atoms with Crippen molar-refractivity contribution in [3.05, 3.63) is 47.7 Å². The summed E-state index contributed by atoms with van der Waals surface area (Å²) >= 11 is 0. The lowest BCUT2D eigenvalue weighted by Crippen LogP contribution is -2.16. The zero-order valence-corrected chi connectivity index (χ0v) is 16.6. The number of carbonyl (C=O) groups is 1. The molecule has 0 aliphatic carbocycles. The number of aromatic nitrogens is 2. The van der Waals surface area contributed by atoms with E-state index in [2.05, 4.69) is 20.6 Å². The highest BCUT2D eigenvalue weighted by Crippen LogP contribution is 2.38. The van der Waals surface area contributed by atoms with Gasteiger partial charge in [-0.05, 0) is 44.2 Å². The molecule has 0 spiro atoms. The smallest absolute Gasteiger partial charge is 0.339 e. The van der Waals surface area contributed by atoms with E-state index >= 15 is 0 Å². The van der Waals surface area contributed by atoms with E-state index in [-0.39, 0.29) is 5.97 Å². The number of anilines is 3. The van der Waals surface area contributed by atoms with Gasteiger partial charge in [0.2, 0.25) is 5.95 Å². The molecule has 2 heterocycles. The number of cyclic esters (lactones) is 1. The highest BCUT2D eigenvalue weighted by molar-refractivity contribution is 5.96. The Morgan fingerprint density at radius 2 is 2.07 bits per heavy atom. The molecule has 0 radical (unpaired) electrons.